The monoisotopic (exact) mass is 1100 g/mol. The molecule has 0 saturated carbocycles. The average Bonchev–Trinajstić information content (AvgIpc) is 1.57. The average molecular weight is 1100 g/mol. The lowest BCUT2D eigenvalue weighted by Gasteiger charge is -2.34. The summed E-state index contributed by atoms with van der Waals surface area (Å²) in [4.78, 5) is 2.23. The molecule has 0 saturated heterocycles. The molecule has 3 aromatic heterocycles. The first-order chi connectivity index (χ1) is 42.5. The molecule has 0 spiro atoms. The van der Waals surface area contributed by atoms with Crippen molar-refractivity contribution in [3.8, 4) is 27.9 Å². The Morgan fingerprint density at radius 2 is 0.977 bits per heavy atom. The van der Waals surface area contributed by atoms with Gasteiger partial charge in [0.25, 0.3) is 0 Å². The van der Waals surface area contributed by atoms with Gasteiger partial charge in [-0.2, -0.15) is 0 Å². The maximum absolute atomic E-state index is 14.4. The fraction of sp³-hybridized carbons (Fsp3) is 0.0488. The Balaban J connectivity index is 0.000000774. The molecule has 0 bridgehead atoms. The van der Waals surface area contributed by atoms with Gasteiger partial charge in [-0.3, -0.25) is 0 Å². The van der Waals surface area contributed by atoms with E-state index in [4.69, 9.17) is 0 Å². The number of benzene rings is 13. The normalized spacial score (nSPS) is 13.2. The van der Waals surface area contributed by atoms with Crippen LogP contribution in [-0.2, 0) is 11.8 Å². The summed E-state index contributed by atoms with van der Waals surface area (Å²) in [7, 11) is 0. The first-order valence-electron chi connectivity index (χ1n) is 29.9. The summed E-state index contributed by atoms with van der Waals surface area (Å²) in [6, 6.07) is 103. The van der Waals surface area contributed by atoms with Gasteiger partial charge in [0.1, 0.15) is 5.82 Å². The third-order valence-electron chi connectivity index (χ3n) is 18.5. The summed E-state index contributed by atoms with van der Waals surface area (Å²) in [5, 5.41) is 10.0. The number of nitrogens with zero attached hydrogens (tertiary/aromatic N) is 3. The highest BCUT2D eigenvalue weighted by atomic mass is 19.1. The van der Waals surface area contributed by atoms with Crippen LogP contribution in [0.1, 0.15) is 45.4 Å². The number of aromatic nitrogens is 2. The van der Waals surface area contributed by atoms with E-state index in [1.54, 1.807) is 12.1 Å². The number of rotatable bonds is 7. The Labute approximate surface area is 498 Å². The van der Waals surface area contributed by atoms with E-state index in [1.165, 1.54) is 121 Å². The minimum atomic E-state index is -0.595. The van der Waals surface area contributed by atoms with Gasteiger partial charge in [-0.25, -0.2) is 4.39 Å². The van der Waals surface area contributed by atoms with E-state index in [0.717, 1.165) is 46.6 Å². The van der Waals surface area contributed by atoms with E-state index in [-0.39, 0.29) is 5.82 Å². The second-order valence-corrected chi connectivity index (χ2v) is 23.3. The second-order valence-electron chi connectivity index (χ2n) is 23.3. The molecule has 0 fully saturated rings. The van der Waals surface area contributed by atoms with Crippen molar-refractivity contribution in [2.24, 2.45) is 0 Å². The van der Waals surface area contributed by atoms with Crippen molar-refractivity contribution >= 4 is 93.8 Å². The maximum atomic E-state index is 14.4. The molecule has 0 N–H and O–H groups in total. The van der Waals surface area contributed by atoms with Crippen LogP contribution in [0, 0.1) is 12.7 Å². The number of hydrogen-bond acceptors (Lipinski definition) is 1. The number of anilines is 3. The first-order valence-corrected chi connectivity index (χ1v) is 29.9. The lowest BCUT2D eigenvalue weighted by atomic mass is 9.67. The molecule has 13 aromatic carbocycles. The minimum Gasteiger partial charge on any atom is -0.310 e. The molecule has 16 aromatic rings. The molecule has 406 valence electrons. The zero-order valence-corrected chi connectivity index (χ0v) is 47.4. The number of aryl methyl sites for hydroxylation is 2. The molecule has 0 aliphatic heterocycles. The molecule has 4 heteroatoms. The van der Waals surface area contributed by atoms with Crippen LogP contribution in [0.3, 0.4) is 0 Å². The fourth-order valence-corrected chi connectivity index (χ4v) is 14.6. The Morgan fingerprint density at radius 1 is 0.407 bits per heavy atom. The quantitative estimate of drug-likeness (QED) is 0.155. The van der Waals surface area contributed by atoms with Crippen LogP contribution in [0.4, 0.5) is 21.5 Å². The largest absolute Gasteiger partial charge is 0.310 e. The van der Waals surface area contributed by atoms with Gasteiger partial charge in [0, 0.05) is 55.1 Å². The zero-order chi connectivity index (χ0) is 57.0. The Bertz CT molecular complexity index is 5310. The molecule has 0 amide bonds. The number of para-hydroxylation sites is 3. The molecular formula is C82H56FN3. The lowest BCUT2D eigenvalue weighted by molar-refractivity contribution is 0.628. The predicted octanol–water partition coefficient (Wildman–Crippen LogP) is 21.7. The van der Waals surface area contributed by atoms with E-state index >= 15 is 0 Å². The highest BCUT2D eigenvalue weighted by Gasteiger charge is 2.46. The SMILES string of the molecule is Cc1ccccc1.Fc1ccc(N(c2ccc(-n3c4ccccc4c4cc(-c5ccc6c(c5)C(c5ccccc5)(c5ccccc5)c5cc7cc8c(cc7cc5-6)c5cccc6c7ccccc7n8c65)ccc43)cc2)c2ccc3c(c2)CCC=C3)cc1. The van der Waals surface area contributed by atoms with Crippen LogP contribution in [0.15, 0.2) is 291 Å². The Morgan fingerprint density at radius 3 is 1.70 bits per heavy atom. The van der Waals surface area contributed by atoms with Crippen LogP contribution in [0.5, 0.6) is 0 Å². The molecule has 0 atom stereocenters. The van der Waals surface area contributed by atoms with Crippen LogP contribution in [0.25, 0.3) is 105 Å². The molecule has 0 radical (unpaired) electrons. The van der Waals surface area contributed by atoms with Gasteiger partial charge >= 0.3 is 0 Å². The van der Waals surface area contributed by atoms with E-state index in [9.17, 15) is 4.39 Å². The minimum absolute atomic E-state index is 0.251. The topological polar surface area (TPSA) is 12.6 Å². The van der Waals surface area contributed by atoms with Crippen molar-refractivity contribution in [1.82, 2.24) is 8.97 Å². The van der Waals surface area contributed by atoms with Gasteiger partial charge in [-0.05, 0) is 201 Å². The molecular weight excluding hydrogens is 1050 g/mol. The van der Waals surface area contributed by atoms with E-state index < -0.39 is 5.41 Å². The van der Waals surface area contributed by atoms with Crippen LogP contribution >= 0.6 is 0 Å². The summed E-state index contributed by atoms with van der Waals surface area (Å²) in [6.07, 6.45) is 6.49. The molecule has 3 heterocycles. The van der Waals surface area contributed by atoms with Crippen molar-refractivity contribution in [1.29, 1.82) is 0 Å². The summed E-state index contributed by atoms with van der Waals surface area (Å²) in [5.41, 5.74) is 23.4. The van der Waals surface area contributed by atoms with E-state index in [1.807, 2.05) is 30.3 Å². The van der Waals surface area contributed by atoms with Gasteiger partial charge in [0.15, 0.2) is 0 Å². The number of halogens is 1. The third kappa shape index (κ3) is 7.66. The predicted molar refractivity (Wildman–Crippen MR) is 359 cm³/mol. The number of hydrogen-bond donors (Lipinski definition) is 0. The first kappa shape index (κ1) is 49.8. The Kier molecular flexibility index (Phi) is 11.4. The van der Waals surface area contributed by atoms with Crippen molar-refractivity contribution in [2.45, 2.75) is 25.2 Å². The zero-order valence-electron chi connectivity index (χ0n) is 47.4. The van der Waals surface area contributed by atoms with E-state index in [0.29, 0.717) is 0 Å². The van der Waals surface area contributed by atoms with E-state index in [2.05, 4.69) is 276 Å². The standard InChI is InChI=1S/C75H48FN3.C7H8/c76-55-29-32-56(33-30-55)77(59-31-26-47-14-7-8-15-48(47)40-59)57-34-36-58(37-35-57)78-70-24-11-10-21-62(70)66-41-49(28-39-72(66)78)50-27-38-60-65-42-51-43-67-64-23-13-22-63-61-20-9-12-25-71(61)79(74(63)64)73(67)46-52(51)45-69(65)75(68(60)44-50,53-16-3-1-4-17-53)54-18-5-2-6-19-54;1-7-5-3-2-4-6-7/h1-7,9-14,16-46H,8,15H2;2-6H,1H3. The van der Waals surface area contributed by atoms with Gasteiger partial charge in [0.05, 0.1) is 33.0 Å². The van der Waals surface area contributed by atoms with Crippen LogP contribution < -0.4 is 4.90 Å². The third-order valence-corrected chi connectivity index (χ3v) is 18.5. The Hall–Kier alpha value is -10.8. The van der Waals surface area contributed by atoms with Gasteiger partial charge in [-0.1, -0.05) is 188 Å². The number of allylic oxidation sites excluding steroid dienone is 1. The molecule has 18 rings (SSSR count). The lowest BCUT2D eigenvalue weighted by Crippen LogP contribution is -2.28. The van der Waals surface area contributed by atoms with Gasteiger partial charge in [0.2, 0.25) is 0 Å². The molecule has 3 nitrogen and oxygen atoms in total. The number of fused-ring (bicyclic) bond motifs is 14. The van der Waals surface area contributed by atoms with Crippen LogP contribution in [0.2, 0.25) is 0 Å². The molecule has 0 unspecified atom stereocenters. The van der Waals surface area contributed by atoms with Gasteiger partial charge < -0.3 is 13.9 Å². The maximum Gasteiger partial charge on any atom is 0.123 e. The molecule has 86 heavy (non-hydrogen) atoms. The van der Waals surface area contributed by atoms with Crippen molar-refractivity contribution in [3.63, 3.8) is 0 Å². The fourth-order valence-electron chi connectivity index (χ4n) is 14.6. The summed E-state index contributed by atoms with van der Waals surface area (Å²) in [6.45, 7) is 2.08. The summed E-state index contributed by atoms with van der Waals surface area (Å²) < 4.78 is 19.2. The second kappa shape index (κ2) is 19.7. The summed E-state index contributed by atoms with van der Waals surface area (Å²) >= 11 is 0. The summed E-state index contributed by atoms with van der Waals surface area (Å²) in [5.74, 6) is -0.251. The smallest absolute Gasteiger partial charge is 0.123 e. The van der Waals surface area contributed by atoms with Gasteiger partial charge in [-0.15, -0.1) is 0 Å². The molecule has 2 aliphatic carbocycles. The van der Waals surface area contributed by atoms with Crippen molar-refractivity contribution in [2.75, 3.05) is 4.90 Å². The highest BCUT2D eigenvalue weighted by Crippen LogP contribution is 2.58. The van der Waals surface area contributed by atoms with Crippen molar-refractivity contribution in [3.05, 3.63) is 336 Å². The highest BCUT2D eigenvalue weighted by molar-refractivity contribution is 6.25. The van der Waals surface area contributed by atoms with Crippen molar-refractivity contribution < 1.29 is 4.39 Å². The molecule has 2 aliphatic rings. The van der Waals surface area contributed by atoms with Crippen LogP contribution in [-0.4, -0.2) is 8.97 Å².